The Hall–Kier alpha value is -1.55. The van der Waals surface area contributed by atoms with Crippen LogP contribution in [0.4, 0.5) is 5.82 Å². The van der Waals surface area contributed by atoms with E-state index in [-0.39, 0.29) is 0 Å². The summed E-state index contributed by atoms with van der Waals surface area (Å²) in [4.78, 5) is 4.14. The van der Waals surface area contributed by atoms with E-state index < -0.39 is 0 Å². The maximum atomic E-state index is 5.97. The Kier molecular flexibility index (Phi) is 2.37. The van der Waals surface area contributed by atoms with Gasteiger partial charge in [0.25, 0.3) is 0 Å². The fraction of sp³-hybridized carbons (Fsp3) is 0.111. The Labute approximate surface area is 86.5 Å². The van der Waals surface area contributed by atoms with Crippen LogP contribution in [0.5, 0.6) is 0 Å². The molecule has 0 amide bonds. The third-order valence-electron chi connectivity index (χ3n) is 1.80. The van der Waals surface area contributed by atoms with Gasteiger partial charge in [-0.15, -0.1) is 5.10 Å². The largest absolute Gasteiger partial charge is 0.372 e. The van der Waals surface area contributed by atoms with Gasteiger partial charge in [-0.05, 0) is 12.1 Å². The SMILES string of the molecule is CNc1ccn(-c2ncccc2Cl)n1. The van der Waals surface area contributed by atoms with Crippen molar-refractivity contribution in [3.05, 3.63) is 35.6 Å². The highest BCUT2D eigenvalue weighted by atomic mass is 35.5. The van der Waals surface area contributed by atoms with E-state index in [0.717, 1.165) is 5.82 Å². The topological polar surface area (TPSA) is 42.7 Å². The predicted molar refractivity (Wildman–Crippen MR) is 55.9 cm³/mol. The Morgan fingerprint density at radius 2 is 2.29 bits per heavy atom. The number of nitrogens with one attached hydrogen (secondary N) is 1. The molecule has 2 heterocycles. The summed E-state index contributed by atoms with van der Waals surface area (Å²) in [6.45, 7) is 0. The molecule has 0 atom stereocenters. The Morgan fingerprint density at radius 3 is 2.93 bits per heavy atom. The van der Waals surface area contributed by atoms with Crippen LogP contribution in [0.25, 0.3) is 5.82 Å². The molecule has 2 aromatic heterocycles. The normalized spacial score (nSPS) is 10.1. The summed E-state index contributed by atoms with van der Waals surface area (Å²) in [5, 5.41) is 7.73. The second-order valence-corrected chi connectivity index (χ2v) is 3.11. The van der Waals surface area contributed by atoms with E-state index in [1.807, 2.05) is 13.1 Å². The molecule has 1 N–H and O–H groups in total. The molecule has 0 saturated heterocycles. The summed E-state index contributed by atoms with van der Waals surface area (Å²) in [7, 11) is 1.81. The standard InChI is InChI=1S/C9H9ClN4/c1-11-8-4-6-14(13-8)9-7(10)3-2-5-12-9/h2-6H,1H3,(H,11,13). The van der Waals surface area contributed by atoms with Gasteiger partial charge in [0.1, 0.15) is 5.82 Å². The van der Waals surface area contributed by atoms with E-state index >= 15 is 0 Å². The van der Waals surface area contributed by atoms with Crippen molar-refractivity contribution in [3.8, 4) is 5.82 Å². The Morgan fingerprint density at radius 1 is 1.43 bits per heavy atom. The summed E-state index contributed by atoms with van der Waals surface area (Å²) in [5.41, 5.74) is 0. The first-order chi connectivity index (χ1) is 6.81. The lowest BCUT2D eigenvalue weighted by atomic mass is 10.4. The molecule has 0 aliphatic rings. The number of hydrogen-bond donors (Lipinski definition) is 1. The van der Waals surface area contributed by atoms with Crippen molar-refractivity contribution in [1.82, 2.24) is 14.8 Å². The van der Waals surface area contributed by atoms with E-state index in [9.17, 15) is 0 Å². The highest BCUT2D eigenvalue weighted by Crippen LogP contribution is 2.16. The molecule has 0 aliphatic heterocycles. The first kappa shape index (κ1) is 9.02. The summed E-state index contributed by atoms with van der Waals surface area (Å²) in [6, 6.07) is 5.42. The van der Waals surface area contributed by atoms with Crippen LogP contribution in [0.15, 0.2) is 30.6 Å². The molecule has 2 rings (SSSR count). The highest BCUT2D eigenvalue weighted by molar-refractivity contribution is 6.32. The molecule has 14 heavy (non-hydrogen) atoms. The molecule has 2 aromatic rings. The smallest absolute Gasteiger partial charge is 0.172 e. The second-order valence-electron chi connectivity index (χ2n) is 2.70. The van der Waals surface area contributed by atoms with Crippen molar-refractivity contribution >= 4 is 17.4 Å². The highest BCUT2D eigenvalue weighted by Gasteiger charge is 2.04. The molecule has 72 valence electrons. The van der Waals surface area contributed by atoms with E-state index in [2.05, 4.69) is 15.4 Å². The van der Waals surface area contributed by atoms with Crippen LogP contribution in [-0.4, -0.2) is 21.8 Å². The van der Waals surface area contributed by atoms with Crippen LogP contribution in [0.3, 0.4) is 0 Å². The molecule has 0 radical (unpaired) electrons. The van der Waals surface area contributed by atoms with Crippen molar-refractivity contribution in [1.29, 1.82) is 0 Å². The van der Waals surface area contributed by atoms with Crippen LogP contribution in [0, 0.1) is 0 Å². The van der Waals surface area contributed by atoms with Gasteiger partial charge in [0.15, 0.2) is 5.82 Å². The third kappa shape index (κ3) is 1.56. The van der Waals surface area contributed by atoms with Gasteiger partial charge in [0.05, 0.1) is 5.02 Å². The zero-order valence-electron chi connectivity index (χ0n) is 7.61. The lowest BCUT2D eigenvalue weighted by Crippen LogP contribution is -1.99. The molecule has 4 nitrogen and oxygen atoms in total. The first-order valence-electron chi connectivity index (χ1n) is 4.15. The molecule has 0 bridgehead atoms. The van der Waals surface area contributed by atoms with Gasteiger partial charge in [0.2, 0.25) is 0 Å². The number of anilines is 1. The lowest BCUT2D eigenvalue weighted by molar-refractivity contribution is 0.849. The van der Waals surface area contributed by atoms with Crippen LogP contribution in [0.2, 0.25) is 5.02 Å². The number of halogens is 1. The van der Waals surface area contributed by atoms with Gasteiger partial charge in [-0.1, -0.05) is 11.6 Å². The minimum atomic E-state index is 0.582. The lowest BCUT2D eigenvalue weighted by Gasteiger charge is -2.01. The van der Waals surface area contributed by atoms with E-state index in [0.29, 0.717) is 10.8 Å². The van der Waals surface area contributed by atoms with E-state index in [1.165, 1.54) is 0 Å². The molecule has 0 aromatic carbocycles. The quantitative estimate of drug-likeness (QED) is 0.821. The second kappa shape index (κ2) is 3.67. The monoisotopic (exact) mass is 208 g/mol. The van der Waals surface area contributed by atoms with Gasteiger partial charge in [-0.25, -0.2) is 9.67 Å². The number of aromatic nitrogens is 3. The zero-order chi connectivity index (χ0) is 9.97. The fourth-order valence-corrected chi connectivity index (χ4v) is 1.33. The molecule has 0 aliphatic carbocycles. The number of rotatable bonds is 2. The number of hydrogen-bond acceptors (Lipinski definition) is 3. The maximum absolute atomic E-state index is 5.97. The van der Waals surface area contributed by atoms with Gasteiger partial charge >= 0.3 is 0 Å². The van der Waals surface area contributed by atoms with Crippen molar-refractivity contribution in [2.75, 3.05) is 12.4 Å². The van der Waals surface area contributed by atoms with Crippen molar-refractivity contribution < 1.29 is 0 Å². The summed E-state index contributed by atoms with van der Waals surface area (Å²) >= 11 is 5.97. The zero-order valence-corrected chi connectivity index (χ0v) is 8.36. The van der Waals surface area contributed by atoms with Crippen LogP contribution in [-0.2, 0) is 0 Å². The summed E-state index contributed by atoms with van der Waals surface area (Å²) < 4.78 is 1.63. The third-order valence-corrected chi connectivity index (χ3v) is 2.10. The predicted octanol–water partition coefficient (Wildman–Crippen LogP) is 1.96. The van der Waals surface area contributed by atoms with Crippen LogP contribution < -0.4 is 5.32 Å². The minimum absolute atomic E-state index is 0.582. The average molecular weight is 209 g/mol. The first-order valence-corrected chi connectivity index (χ1v) is 4.53. The van der Waals surface area contributed by atoms with E-state index in [1.54, 1.807) is 29.2 Å². The van der Waals surface area contributed by atoms with Gasteiger partial charge < -0.3 is 5.32 Å². The Balaban J connectivity index is 2.44. The molecular formula is C9H9ClN4. The molecular weight excluding hydrogens is 200 g/mol. The number of nitrogens with zero attached hydrogens (tertiary/aromatic N) is 3. The van der Waals surface area contributed by atoms with Crippen molar-refractivity contribution in [3.63, 3.8) is 0 Å². The molecule has 0 spiro atoms. The van der Waals surface area contributed by atoms with Gasteiger partial charge in [0, 0.05) is 25.5 Å². The van der Waals surface area contributed by atoms with Crippen LogP contribution in [0.1, 0.15) is 0 Å². The molecule has 0 saturated carbocycles. The van der Waals surface area contributed by atoms with Gasteiger partial charge in [-0.3, -0.25) is 0 Å². The Bertz CT molecular complexity index is 438. The fourth-order valence-electron chi connectivity index (χ4n) is 1.12. The molecule has 0 fully saturated rings. The van der Waals surface area contributed by atoms with Crippen molar-refractivity contribution in [2.45, 2.75) is 0 Å². The van der Waals surface area contributed by atoms with Crippen molar-refractivity contribution in [2.24, 2.45) is 0 Å². The minimum Gasteiger partial charge on any atom is -0.372 e. The summed E-state index contributed by atoms with van der Waals surface area (Å²) in [5.74, 6) is 1.42. The summed E-state index contributed by atoms with van der Waals surface area (Å²) in [6.07, 6.45) is 3.49. The molecule has 0 unspecified atom stereocenters. The van der Waals surface area contributed by atoms with Gasteiger partial charge in [-0.2, -0.15) is 0 Å². The average Bonchev–Trinajstić information content (AvgIpc) is 2.67. The van der Waals surface area contributed by atoms with E-state index in [4.69, 9.17) is 11.6 Å². The number of pyridine rings is 1. The van der Waals surface area contributed by atoms with Crippen LogP contribution >= 0.6 is 11.6 Å². The molecule has 5 heteroatoms. The maximum Gasteiger partial charge on any atom is 0.172 e.